The number of hydrogen-bond donors (Lipinski definition) is 0. The van der Waals surface area contributed by atoms with E-state index in [0.29, 0.717) is 0 Å². The van der Waals surface area contributed by atoms with Gasteiger partial charge < -0.3 is 4.42 Å². The SMILES string of the molecule is C/C=C(\C=C1/Cc2ccccc2C12c1ccccc1-c1ccccc12)c1cccc2c3c(oc12)=CCCC=3. The van der Waals surface area contributed by atoms with Crippen molar-refractivity contribution in [2.45, 2.75) is 31.6 Å². The summed E-state index contributed by atoms with van der Waals surface area (Å²) in [5.41, 5.74) is 13.8. The van der Waals surface area contributed by atoms with Crippen molar-refractivity contribution in [3.05, 3.63) is 147 Å². The molecule has 0 unspecified atom stereocenters. The van der Waals surface area contributed by atoms with E-state index in [1.165, 1.54) is 60.7 Å². The van der Waals surface area contributed by atoms with Gasteiger partial charge in [0.05, 0.1) is 5.41 Å². The highest BCUT2D eigenvalue weighted by Gasteiger charge is 2.51. The zero-order valence-electron chi connectivity index (χ0n) is 21.5. The van der Waals surface area contributed by atoms with Crippen LogP contribution < -0.4 is 10.6 Å². The summed E-state index contributed by atoms with van der Waals surface area (Å²) in [6.07, 6.45) is 12.3. The predicted octanol–water partition coefficient (Wildman–Crippen LogP) is 7.69. The van der Waals surface area contributed by atoms with Crippen LogP contribution in [0.4, 0.5) is 0 Å². The third kappa shape index (κ3) is 2.77. The summed E-state index contributed by atoms with van der Waals surface area (Å²) < 4.78 is 6.50. The highest BCUT2D eigenvalue weighted by Crippen LogP contribution is 2.60. The van der Waals surface area contributed by atoms with Gasteiger partial charge in [0.25, 0.3) is 0 Å². The molecule has 0 saturated heterocycles. The van der Waals surface area contributed by atoms with E-state index in [9.17, 15) is 0 Å². The Bertz CT molecular complexity index is 1910. The molecule has 3 aliphatic carbocycles. The lowest BCUT2D eigenvalue weighted by Crippen LogP contribution is -2.26. The van der Waals surface area contributed by atoms with Gasteiger partial charge in [0.2, 0.25) is 0 Å². The van der Waals surface area contributed by atoms with Crippen LogP contribution in [-0.4, -0.2) is 0 Å². The first kappa shape index (κ1) is 21.7. The molecule has 0 radical (unpaired) electrons. The minimum atomic E-state index is -0.282. The van der Waals surface area contributed by atoms with Gasteiger partial charge in [-0.1, -0.05) is 109 Å². The van der Waals surface area contributed by atoms with Crippen LogP contribution in [0.25, 0.3) is 39.8 Å². The molecule has 5 aromatic rings. The van der Waals surface area contributed by atoms with Gasteiger partial charge in [-0.3, -0.25) is 0 Å². The molecule has 1 aromatic heterocycles. The van der Waals surface area contributed by atoms with Gasteiger partial charge in [-0.25, -0.2) is 0 Å². The van der Waals surface area contributed by atoms with E-state index >= 15 is 0 Å². The molecule has 4 aromatic carbocycles. The Morgan fingerprint density at radius 1 is 0.737 bits per heavy atom. The van der Waals surface area contributed by atoms with Crippen LogP contribution in [0, 0.1) is 0 Å². The summed E-state index contributed by atoms with van der Waals surface area (Å²) in [5, 5.41) is 2.46. The molecule has 3 aliphatic rings. The summed E-state index contributed by atoms with van der Waals surface area (Å²) in [6.45, 7) is 2.15. The summed E-state index contributed by atoms with van der Waals surface area (Å²) in [7, 11) is 0. The van der Waals surface area contributed by atoms with Crippen LogP contribution in [0.5, 0.6) is 0 Å². The van der Waals surface area contributed by atoms with Gasteiger partial charge in [-0.2, -0.15) is 0 Å². The molecular formula is C37H28O. The molecule has 0 N–H and O–H groups in total. The number of allylic oxidation sites excluding steroid dienone is 4. The zero-order chi connectivity index (χ0) is 25.3. The van der Waals surface area contributed by atoms with Crippen LogP contribution >= 0.6 is 0 Å². The van der Waals surface area contributed by atoms with Crippen molar-refractivity contribution in [2.75, 3.05) is 0 Å². The Hall–Kier alpha value is -4.36. The molecule has 0 amide bonds. The van der Waals surface area contributed by atoms with Crippen molar-refractivity contribution in [1.29, 1.82) is 0 Å². The molecule has 8 rings (SSSR count). The number of para-hydroxylation sites is 1. The predicted molar refractivity (Wildman–Crippen MR) is 157 cm³/mol. The molecule has 0 saturated carbocycles. The quantitative estimate of drug-likeness (QED) is 0.248. The fourth-order valence-electron chi connectivity index (χ4n) is 7.27. The topological polar surface area (TPSA) is 13.1 Å². The number of fused-ring (bicyclic) bond motifs is 10. The third-order valence-electron chi connectivity index (χ3n) is 8.82. The van der Waals surface area contributed by atoms with E-state index in [4.69, 9.17) is 4.42 Å². The molecule has 0 bridgehead atoms. The first-order valence-electron chi connectivity index (χ1n) is 13.7. The molecule has 1 nitrogen and oxygen atoms in total. The Kier molecular flexibility index (Phi) is 4.61. The lowest BCUT2D eigenvalue weighted by atomic mass is 9.70. The Balaban J connectivity index is 1.41. The van der Waals surface area contributed by atoms with E-state index in [2.05, 4.69) is 122 Å². The van der Waals surface area contributed by atoms with Gasteiger partial charge in [0.1, 0.15) is 11.0 Å². The molecule has 182 valence electrons. The number of hydrogen-bond acceptors (Lipinski definition) is 1. The number of rotatable bonds is 2. The molecule has 1 spiro atoms. The van der Waals surface area contributed by atoms with E-state index in [0.717, 1.165) is 30.3 Å². The summed E-state index contributed by atoms with van der Waals surface area (Å²) in [5.74, 6) is 0. The van der Waals surface area contributed by atoms with Crippen molar-refractivity contribution >= 4 is 28.7 Å². The Morgan fingerprint density at radius 2 is 1.42 bits per heavy atom. The maximum Gasteiger partial charge on any atom is 0.143 e. The highest BCUT2D eigenvalue weighted by atomic mass is 16.3. The normalized spacial score (nSPS) is 17.6. The second kappa shape index (κ2) is 8.07. The number of benzene rings is 4. The van der Waals surface area contributed by atoms with Gasteiger partial charge in [0.15, 0.2) is 0 Å². The largest absolute Gasteiger partial charge is 0.456 e. The maximum atomic E-state index is 6.50. The van der Waals surface area contributed by atoms with Crippen molar-refractivity contribution in [2.24, 2.45) is 0 Å². The van der Waals surface area contributed by atoms with E-state index in [-0.39, 0.29) is 5.41 Å². The van der Waals surface area contributed by atoms with Crippen molar-refractivity contribution in [3.8, 4) is 11.1 Å². The number of furan rings is 1. The van der Waals surface area contributed by atoms with Crippen LogP contribution in [-0.2, 0) is 11.8 Å². The molecule has 0 aliphatic heterocycles. The second-order valence-electron chi connectivity index (χ2n) is 10.6. The van der Waals surface area contributed by atoms with Crippen molar-refractivity contribution in [1.82, 2.24) is 0 Å². The first-order chi connectivity index (χ1) is 18.8. The molecule has 1 heterocycles. The first-order valence-corrected chi connectivity index (χ1v) is 13.7. The standard InChI is InChI=1S/C37H28O/c1-2-24(27-16-11-17-31-30-15-6-10-21-35(30)38-36(27)31)22-26-23-25-12-3-7-18-32(25)37(26)33-19-8-4-13-28(33)29-14-5-9-20-34(29)37/h2-5,7-9,11-22H,6,10,23H2,1H3/b24-2+,26-22+. The maximum absolute atomic E-state index is 6.50. The van der Waals surface area contributed by atoms with E-state index < -0.39 is 0 Å². The average Bonchev–Trinajstić information content (AvgIpc) is 3.61. The zero-order valence-corrected chi connectivity index (χ0v) is 21.5. The molecule has 0 atom stereocenters. The van der Waals surface area contributed by atoms with Crippen LogP contribution in [0.3, 0.4) is 0 Å². The summed E-state index contributed by atoms with van der Waals surface area (Å²) in [6, 6.07) is 33.6. The van der Waals surface area contributed by atoms with Crippen LogP contribution in [0.1, 0.15) is 47.6 Å². The molecule has 1 heteroatoms. The fraction of sp³-hybridized carbons (Fsp3) is 0.135. The van der Waals surface area contributed by atoms with Crippen molar-refractivity contribution < 1.29 is 4.42 Å². The summed E-state index contributed by atoms with van der Waals surface area (Å²) >= 11 is 0. The Labute approximate surface area is 222 Å². The van der Waals surface area contributed by atoms with Gasteiger partial charge in [0, 0.05) is 16.2 Å². The molecular weight excluding hydrogens is 460 g/mol. The minimum Gasteiger partial charge on any atom is -0.456 e. The van der Waals surface area contributed by atoms with Crippen LogP contribution in [0.15, 0.2) is 113 Å². The van der Waals surface area contributed by atoms with Gasteiger partial charge >= 0.3 is 0 Å². The average molecular weight is 489 g/mol. The Morgan fingerprint density at radius 3 is 2.18 bits per heavy atom. The van der Waals surface area contributed by atoms with Gasteiger partial charge in [-0.05, 0) is 76.8 Å². The van der Waals surface area contributed by atoms with Crippen LogP contribution in [0.2, 0.25) is 0 Å². The minimum absolute atomic E-state index is 0.282. The highest BCUT2D eigenvalue weighted by molar-refractivity contribution is 5.95. The van der Waals surface area contributed by atoms with Crippen molar-refractivity contribution in [3.63, 3.8) is 0 Å². The lowest BCUT2D eigenvalue weighted by Gasteiger charge is -2.31. The lowest BCUT2D eigenvalue weighted by molar-refractivity contribution is 0.571. The van der Waals surface area contributed by atoms with Gasteiger partial charge in [-0.15, -0.1) is 0 Å². The molecule has 0 fully saturated rings. The monoisotopic (exact) mass is 488 g/mol. The smallest absolute Gasteiger partial charge is 0.143 e. The third-order valence-corrected chi connectivity index (χ3v) is 8.82. The van der Waals surface area contributed by atoms with E-state index in [1.807, 2.05) is 0 Å². The fourth-order valence-corrected chi connectivity index (χ4v) is 7.27. The second-order valence-corrected chi connectivity index (χ2v) is 10.6. The van der Waals surface area contributed by atoms with E-state index in [1.54, 1.807) is 0 Å². The molecule has 38 heavy (non-hydrogen) atoms. The summed E-state index contributed by atoms with van der Waals surface area (Å²) in [4.78, 5) is 0.